The fourth-order valence-electron chi connectivity index (χ4n) is 2.40. The normalized spacial score (nSPS) is 19.7. The van der Waals surface area contributed by atoms with E-state index in [1.165, 1.54) is 11.1 Å². The van der Waals surface area contributed by atoms with Crippen LogP contribution in [0.15, 0.2) is 24.3 Å². The first-order chi connectivity index (χ1) is 8.49. The zero-order chi connectivity index (χ0) is 13.2. The summed E-state index contributed by atoms with van der Waals surface area (Å²) in [5, 5.41) is 3.33. The highest BCUT2D eigenvalue weighted by atomic mass is 16.2. The van der Waals surface area contributed by atoms with E-state index in [9.17, 15) is 4.79 Å². The molecule has 0 unspecified atom stereocenters. The molecule has 1 aromatic carbocycles. The van der Waals surface area contributed by atoms with Gasteiger partial charge in [-0.25, -0.2) is 0 Å². The molecule has 0 aliphatic carbocycles. The number of rotatable bonds is 2. The number of benzene rings is 1. The number of carbonyl (C=O) groups excluding carboxylic acids is 1. The SMILES string of the molecule is Cc1cccc(CN2CCNCC(C)(C)C2=O)c1. The van der Waals surface area contributed by atoms with E-state index in [1.54, 1.807) is 0 Å². The Labute approximate surface area is 109 Å². The van der Waals surface area contributed by atoms with Gasteiger partial charge in [-0.2, -0.15) is 0 Å². The minimum Gasteiger partial charge on any atom is -0.337 e. The fraction of sp³-hybridized carbons (Fsp3) is 0.533. The first-order valence-electron chi connectivity index (χ1n) is 6.55. The minimum absolute atomic E-state index is 0.244. The average Bonchev–Trinajstić information content (AvgIpc) is 2.42. The van der Waals surface area contributed by atoms with Gasteiger partial charge in [-0.1, -0.05) is 29.8 Å². The molecule has 0 saturated carbocycles. The molecule has 1 N–H and O–H groups in total. The van der Waals surface area contributed by atoms with Gasteiger partial charge in [0, 0.05) is 26.2 Å². The molecule has 1 saturated heterocycles. The quantitative estimate of drug-likeness (QED) is 0.865. The van der Waals surface area contributed by atoms with Crippen molar-refractivity contribution >= 4 is 5.91 Å². The third-order valence-electron chi connectivity index (χ3n) is 3.45. The lowest BCUT2D eigenvalue weighted by Crippen LogP contribution is -2.41. The van der Waals surface area contributed by atoms with E-state index in [0.717, 1.165) is 19.6 Å². The molecule has 2 rings (SSSR count). The van der Waals surface area contributed by atoms with Crippen LogP contribution in [0, 0.1) is 12.3 Å². The van der Waals surface area contributed by atoms with E-state index in [1.807, 2.05) is 18.7 Å². The number of nitrogens with zero attached hydrogens (tertiary/aromatic N) is 1. The summed E-state index contributed by atoms with van der Waals surface area (Å²) in [6.45, 7) is 9.24. The van der Waals surface area contributed by atoms with Crippen LogP contribution in [0.3, 0.4) is 0 Å². The van der Waals surface area contributed by atoms with Gasteiger partial charge in [0.1, 0.15) is 0 Å². The second-order valence-corrected chi connectivity index (χ2v) is 5.78. The maximum absolute atomic E-state index is 12.4. The molecular formula is C15H22N2O. The molecule has 1 heterocycles. The zero-order valence-corrected chi connectivity index (χ0v) is 11.5. The number of aryl methyl sites for hydroxylation is 1. The number of nitrogens with one attached hydrogen (secondary N) is 1. The van der Waals surface area contributed by atoms with Gasteiger partial charge in [0.15, 0.2) is 0 Å². The summed E-state index contributed by atoms with van der Waals surface area (Å²) >= 11 is 0. The van der Waals surface area contributed by atoms with Crippen molar-refractivity contribution in [1.29, 1.82) is 0 Å². The minimum atomic E-state index is -0.305. The Bertz CT molecular complexity index is 440. The van der Waals surface area contributed by atoms with E-state index >= 15 is 0 Å². The Kier molecular flexibility index (Phi) is 3.71. The van der Waals surface area contributed by atoms with Gasteiger partial charge in [0.2, 0.25) is 5.91 Å². The van der Waals surface area contributed by atoms with Crippen molar-refractivity contribution in [2.24, 2.45) is 5.41 Å². The maximum atomic E-state index is 12.4. The van der Waals surface area contributed by atoms with Crippen LogP contribution in [0.1, 0.15) is 25.0 Å². The summed E-state index contributed by atoms with van der Waals surface area (Å²) in [5.41, 5.74) is 2.15. The molecule has 0 radical (unpaired) electrons. The molecule has 1 amide bonds. The van der Waals surface area contributed by atoms with Gasteiger partial charge in [0.05, 0.1) is 5.41 Å². The highest BCUT2D eigenvalue weighted by molar-refractivity contribution is 5.82. The van der Waals surface area contributed by atoms with Crippen molar-refractivity contribution in [3.05, 3.63) is 35.4 Å². The van der Waals surface area contributed by atoms with Crippen LogP contribution in [-0.2, 0) is 11.3 Å². The third kappa shape index (κ3) is 2.91. The fourth-order valence-corrected chi connectivity index (χ4v) is 2.40. The van der Waals surface area contributed by atoms with Crippen molar-refractivity contribution in [1.82, 2.24) is 10.2 Å². The molecule has 0 aromatic heterocycles. The lowest BCUT2D eigenvalue weighted by Gasteiger charge is -2.28. The Hall–Kier alpha value is -1.35. The van der Waals surface area contributed by atoms with Crippen molar-refractivity contribution < 1.29 is 4.79 Å². The van der Waals surface area contributed by atoms with Crippen LogP contribution in [0.25, 0.3) is 0 Å². The van der Waals surface area contributed by atoms with Crippen LogP contribution >= 0.6 is 0 Å². The lowest BCUT2D eigenvalue weighted by molar-refractivity contribution is -0.139. The van der Waals surface area contributed by atoms with Crippen molar-refractivity contribution in [2.45, 2.75) is 27.3 Å². The Morgan fingerprint density at radius 2 is 2.17 bits per heavy atom. The Morgan fingerprint density at radius 1 is 1.39 bits per heavy atom. The average molecular weight is 246 g/mol. The van der Waals surface area contributed by atoms with E-state index in [0.29, 0.717) is 6.54 Å². The number of hydrogen-bond donors (Lipinski definition) is 1. The van der Waals surface area contributed by atoms with Gasteiger partial charge < -0.3 is 10.2 Å². The monoisotopic (exact) mass is 246 g/mol. The van der Waals surface area contributed by atoms with E-state index in [-0.39, 0.29) is 11.3 Å². The molecule has 0 atom stereocenters. The molecule has 3 nitrogen and oxygen atoms in total. The Morgan fingerprint density at radius 3 is 2.89 bits per heavy atom. The van der Waals surface area contributed by atoms with Crippen LogP contribution in [0.4, 0.5) is 0 Å². The van der Waals surface area contributed by atoms with Gasteiger partial charge in [-0.3, -0.25) is 4.79 Å². The molecule has 98 valence electrons. The molecule has 1 aliphatic heterocycles. The highest BCUT2D eigenvalue weighted by Crippen LogP contribution is 2.21. The highest BCUT2D eigenvalue weighted by Gasteiger charge is 2.33. The zero-order valence-electron chi connectivity index (χ0n) is 11.5. The molecule has 0 bridgehead atoms. The molecule has 18 heavy (non-hydrogen) atoms. The summed E-state index contributed by atoms with van der Waals surface area (Å²) < 4.78 is 0. The topological polar surface area (TPSA) is 32.3 Å². The third-order valence-corrected chi connectivity index (χ3v) is 3.45. The molecular weight excluding hydrogens is 224 g/mol. The van der Waals surface area contributed by atoms with Crippen LogP contribution in [0.5, 0.6) is 0 Å². The summed E-state index contributed by atoms with van der Waals surface area (Å²) in [7, 11) is 0. The standard InChI is InChI=1S/C15H22N2O/c1-12-5-4-6-13(9-12)10-17-8-7-16-11-15(2,3)14(17)18/h4-6,9,16H,7-8,10-11H2,1-3H3. The number of hydrogen-bond acceptors (Lipinski definition) is 2. The van der Waals surface area contributed by atoms with Crippen molar-refractivity contribution in [3.8, 4) is 0 Å². The summed E-state index contributed by atoms with van der Waals surface area (Å²) in [6, 6.07) is 8.37. The molecule has 1 fully saturated rings. The summed E-state index contributed by atoms with van der Waals surface area (Å²) in [4.78, 5) is 14.4. The smallest absolute Gasteiger partial charge is 0.229 e. The van der Waals surface area contributed by atoms with Gasteiger partial charge in [0.25, 0.3) is 0 Å². The largest absolute Gasteiger partial charge is 0.337 e. The second kappa shape index (κ2) is 5.11. The summed E-state index contributed by atoms with van der Waals surface area (Å²) in [6.07, 6.45) is 0. The molecule has 1 aromatic rings. The van der Waals surface area contributed by atoms with Crippen LogP contribution in [0.2, 0.25) is 0 Å². The molecule has 0 spiro atoms. The maximum Gasteiger partial charge on any atom is 0.229 e. The summed E-state index contributed by atoms with van der Waals surface area (Å²) in [5.74, 6) is 0.244. The van der Waals surface area contributed by atoms with E-state index < -0.39 is 0 Å². The van der Waals surface area contributed by atoms with Gasteiger partial charge >= 0.3 is 0 Å². The Balaban J connectivity index is 2.14. The second-order valence-electron chi connectivity index (χ2n) is 5.78. The van der Waals surface area contributed by atoms with Crippen molar-refractivity contribution in [3.63, 3.8) is 0 Å². The van der Waals surface area contributed by atoms with Crippen LogP contribution < -0.4 is 5.32 Å². The first-order valence-corrected chi connectivity index (χ1v) is 6.55. The predicted octanol–water partition coefficient (Wildman–Crippen LogP) is 1.95. The number of amides is 1. The number of carbonyl (C=O) groups is 1. The van der Waals surface area contributed by atoms with E-state index in [2.05, 4.69) is 36.5 Å². The van der Waals surface area contributed by atoms with Gasteiger partial charge in [-0.05, 0) is 26.3 Å². The van der Waals surface area contributed by atoms with Gasteiger partial charge in [-0.15, -0.1) is 0 Å². The van der Waals surface area contributed by atoms with Crippen LogP contribution in [-0.4, -0.2) is 30.4 Å². The lowest BCUT2D eigenvalue weighted by atomic mass is 9.92. The first kappa shape index (κ1) is 13.1. The predicted molar refractivity (Wildman–Crippen MR) is 73.2 cm³/mol. The van der Waals surface area contributed by atoms with E-state index in [4.69, 9.17) is 0 Å². The molecule has 1 aliphatic rings. The van der Waals surface area contributed by atoms with Crippen molar-refractivity contribution in [2.75, 3.05) is 19.6 Å². The molecule has 3 heteroatoms.